The molecule has 0 fully saturated rings. The van der Waals surface area contributed by atoms with Gasteiger partial charge in [-0.15, -0.1) is 0 Å². The normalized spacial score (nSPS) is 20.3. The zero-order chi connectivity index (χ0) is 15.6. The Hall–Kier alpha value is -1.55. The molecular formula is C17H25NO3. The van der Waals surface area contributed by atoms with Crippen LogP contribution in [-0.4, -0.2) is 34.7 Å². The van der Waals surface area contributed by atoms with Gasteiger partial charge in [-0.05, 0) is 70.3 Å². The van der Waals surface area contributed by atoms with E-state index in [1.165, 1.54) is 11.1 Å². The first-order valence-electron chi connectivity index (χ1n) is 7.50. The van der Waals surface area contributed by atoms with Gasteiger partial charge in [-0.2, -0.15) is 0 Å². The first-order chi connectivity index (χ1) is 9.76. The number of aromatic hydroxyl groups is 1. The fourth-order valence-electron chi connectivity index (χ4n) is 2.75. The fourth-order valence-corrected chi connectivity index (χ4v) is 2.75. The molecular weight excluding hydrogens is 266 g/mol. The molecule has 21 heavy (non-hydrogen) atoms. The van der Waals surface area contributed by atoms with Gasteiger partial charge in [0, 0.05) is 6.54 Å². The molecule has 116 valence electrons. The van der Waals surface area contributed by atoms with Crippen molar-refractivity contribution in [2.45, 2.75) is 58.2 Å². The molecule has 2 rings (SSSR count). The molecule has 1 aromatic carbocycles. The van der Waals surface area contributed by atoms with Crippen LogP contribution >= 0.6 is 0 Å². The number of carbonyl (C=O) groups is 1. The number of nitrogens with zero attached hydrogens (tertiary/aromatic N) is 1. The van der Waals surface area contributed by atoms with E-state index >= 15 is 0 Å². The van der Waals surface area contributed by atoms with Gasteiger partial charge in [-0.1, -0.05) is 6.07 Å². The molecule has 1 atom stereocenters. The maximum Gasteiger partial charge on any atom is 0.323 e. The second-order valence-corrected chi connectivity index (χ2v) is 6.81. The van der Waals surface area contributed by atoms with Crippen LogP contribution in [0.5, 0.6) is 5.75 Å². The van der Waals surface area contributed by atoms with Crippen LogP contribution in [0.3, 0.4) is 0 Å². The number of rotatable bonds is 1. The quantitative estimate of drug-likeness (QED) is 0.808. The Bertz CT molecular complexity index is 519. The van der Waals surface area contributed by atoms with E-state index in [9.17, 15) is 9.90 Å². The first kappa shape index (κ1) is 15.8. The van der Waals surface area contributed by atoms with E-state index in [4.69, 9.17) is 4.74 Å². The van der Waals surface area contributed by atoms with Crippen molar-refractivity contribution in [1.29, 1.82) is 0 Å². The van der Waals surface area contributed by atoms with Gasteiger partial charge in [0.25, 0.3) is 0 Å². The zero-order valence-electron chi connectivity index (χ0n) is 13.3. The van der Waals surface area contributed by atoms with E-state index in [0.717, 1.165) is 19.3 Å². The molecule has 0 radical (unpaired) electrons. The lowest BCUT2D eigenvalue weighted by molar-refractivity contribution is -0.161. The number of aryl methyl sites for hydroxylation is 1. The van der Waals surface area contributed by atoms with Crippen LogP contribution < -0.4 is 0 Å². The number of carbonyl (C=O) groups excluding carboxylic acids is 1. The lowest BCUT2D eigenvalue weighted by atomic mass is 9.95. The Morgan fingerprint density at radius 1 is 1.33 bits per heavy atom. The molecule has 4 heteroatoms. The van der Waals surface area contributed by atoms with Crippen LogP contribution in [-0.2, 0) is 22.5 Å². The van der Waals surface area contributed by atoms with E-state index in [1.54, 1.807) is 6.07 Å². The summed E-state index contributed by atoms with van der Waals surface area (Å²) in [6, 6.07) is 5.28. The molecule has 0 aromatic heterocycles. The number of ether oxygens (including phenoxy) is 1. The van der Waals surface area contributed by atoms with Gasteiger partial charge in [0.15, 0.2) is 0 Å². The molecule has 1 heterocycles. The minimum atomic E-state index is -0.454. The largest absolute Gasteiger partial charge is 0.508 e. The van der Waals surface area contributed by atoms with Crippen molar-refractivity contribution in [3.8, 4) is 5.75 Å². The number of hydrogen-bond acceptors (Lipinski definition) is 4. The molecule has 0 bridgehead atoms. The lowest BCUT2D eigenvalue weighted by Crippen LogP contribution is -2.43. The maximum absolute atomic E-state index is 12.4. The summed E-state index contributed by atoms with van der Waals surface area (Å²) < 4.78 is 5.53. The molecule has 0 amide bonds. The maximum atomic E-state index is 12.4. The Labute approximate surface area is 126 Å². The summed E-state index contributed by atoms with van der Waals surface area (Å²) in [7, 11) is 1.95. The van der Waals surface area contributed by atoms with Crippen LogP contribution in [0.1, 0.15) is 44.7 Å². The van der Waals surface area contributed by atoms with Crippen molar-refractivity contribution in [3.63, 3.8) is 0 Å². The van der Waals surface area contributed by atoms with Gasteiger partial charge in [0.2, 0.25) is 0 Å². The summed E-state index contributed by atoms with van der Waals surface area (Å²) in [5.41, 5.74) is 1.89. The Morgan fingerprint density at radius 3 is 2.71 bits per heavy atom. The van der Waals surface area contributed by atoms with Crippen molar-refractivity contribution < 1.29 is 14.6 Å². The van der Waals surface area contributed by atoms with Crippen LogP contribution in [0.2, 0.25) is 0 Å². The summed E-state index contributed by atoms with van der Waals surface area (Å²) in [6.07, 6.45) is 2.57. The third-order valence-corrected chi connectivity index (χ3v) is 3.74. The molecule has 4 nitrogen and oxygen atoms in total. The molecule has 1 aromatic rings. The average Bonchev–Trinajstić information content (AvgIpc) is 2.32. The van der Waals surface area contributed by atoms with Crippen LogP contribution in [0.4, 0.5) is 0 Å². The second kappa shape index (κ2) is 6.06. The highest BCUT2D eigenvalue weighted by molar-refractivity contribution is 5.76. The third-order valence-electron chi connectivity index (χ3n) is 3.74. The number of likely N-dealkylation sites (N-methyl/N-ethyl adjacent to an activating group) is 1. The highest BCUT2D eigenvalue weighted by Gasteiger charge is 2.29. The monoisotopic (exact) mass is 291 g/mol. The van der Waals surface area contributed by atoms with E-state index in [2.05, 4.69) is 0 Å². The molecule has 1 aliphatic rings. The second-order valence-electron chi connectivity index (χ2n) is 6.81. The zero-order valence-corrected chi connectivity index (χ0v) is 13.3. The first-order valence-corrected chi connectivity index (χ1v) is 7.50. The summed E-state index contributed by atoms with van der Waals surface area (Å²) in [4.78, 5) is 14.4. The topological polar surface area (TPSA) is 49.8 Å². The Morgan fingerprint density at radius 2 is 2.05 bits per heavy atom. The molecule has 0 saturated heterocycles. The summed E-state index contributed by atoms with van der Waals surface area (Å²) in [5.74, 6) is 0.160. The molecule has 1 unspecified atom stereocenters. The third kappa shape index (κ3) is 4.21. The van der Waals surface area contributed by atoms with Crippen LogP contribution in [0.25, 0.3) is 0 Å². The molecule has 0 aliphatic carbocycles. The lowest BCUT2D eigenvalue weighted by Gasteiger charge is -2.32. The predicted octanol–water partition coefficient (Wildman–Crippen LogP) is 2.87. The highest BCUT2D eigenvalue weighted by Crippen LogP contribution is 2.25. The van der Waals surface area contributed by atoms with Crippen LogP contribution in [0, 0.1) is 0 Å². The Balaban J connectivity index is 2.15. The molecule has 1 aliphatic heterocycles. The van der Waals surface area contributed by atoms with Gasteiger partial charge < -0.3 is 9.84 Å². The van der Waals surface area contributed by atoms with E-state index in [-0.39, 0.29) is 12.0 Å². The number of benzene rings is 1. The predicted molar refractivity (Wildman–Crippen MR) is 82.1 cm³/mol. The average molecular weight is 291 g/mol. The van der Waals surface area contributed by atoms with Gasteiger partial charge in [0.1, 0.15) is 17.4 Å². The smallest absolute Gasteiger partial charge is 0.323 e. The minimum Gasteiger partial charge on any atom is -0.508 e. The van der Waals surface area contributed by atoms with E-state index in [1.807, 2.05) is 44.9 Å². The molecule has 0 saturated carbocycles. The number of fused-ring (bicyclic) bond motifs is 1. The van der Waals surface area contributed by atoms with Crippen LogP contribution in [0.15, 0.2) is 18.2 Å². The van der Waals surface area contributed by atoms with Crippen molar-refractivity contribution in [1.82, 2.24) is 4.90 Å². The molecule has 0 spiro atoms. The summed E-state index contributed by atoms with van der Waals surface area (Å²) in [5, 5.41) is 9.60. The summed E-state index contributed by atoms with van der Waals surface area (Å²) >= 11 is 0. The standard InChI is InChI=1S/C17H25NO3/c1-17(2,3)21-16(20)15-7-5-6-12-10-14(19)9-8-13(12)11-18(15)4/h8-10,15,19H,5-7,11H2,1-4H3. The van der Waals surface area contributed by atoms with Crippen molar-refractivity contribution in [2.75, 3.05) is 7.05 Å². The van der Waals surface area contributed by atoms with E-state index in [0.29, 0.717) is 12.3 Å². The van der Waals surface area contributed by atoms with Gasteiger partial charge in [0.05, 0.1) is 0 Å². The fraction of sp³-hybridized carbons (Fsp3) is 0.588. The highest BCUT2D eigenvalue weighted by atomic mass is 16.6. The van der Waals surface area contributed by atoms with E-state index < -0.39 is 5.60 Å². The summed E-state index contributed by atoms with van der Waals surface area (Å²) in [6.45, 7) is 6.38. The number of phenolic OH excluding ortho intramolecular Hbond substituents is 1. The van der Waals surface area contributed by atoms with Gasteiger partial charge in [-0.3, -0.25) is 9.69 Å². The van der Waals surface area contributed by atoms with Gasteiger partial charge in [-0.25, -0.2) is 0 Å². The SMILES string of the molecule is CN1Cc2ccc(O)cc2CCCC1C(=O)OC(C)(C)C. The van der Waals surface area contributed by atoms with Gasteiger partial charge >= 0.3 is 5.97 Å². The van der Waals surface area contributed by atoms with Crippen molar-refractivity contribution in [3.05, 3.63) is 29.3 Å². The van der Waals surface area contributed by atoms with Crippen molar-refractivity contribution >= 4 is 5.97 Å². The van der Waals surface area contributed by atoms with Crippen molar-refractivity contribution in [2.24, 2.45) is 0 Å². The Kier molecular flexibility index (Phi) is 4.57. The minimum absolute atomic E-state index is 0.146. The number of phenols is 1. The number of hydrogen-bond donors (Lipinski definition) is 1. The molecule has 1 N–H and O–H groups in total. The number of esters is 1.